The Morgan fingerprint density at radius 2 is 2.19 bits per heavy atom. The number of nitrogens with zero attached hydrogens (tertiary/aromatic N) is 2. The van der Waals surface area contributed by atoms with E-state index >= 15 is 0 Å². The van der Waals surface area contributed by atoms with Gasteiger partial charge >= 0.3 is 0 Å². The van der Waals surface area contributed by atoms with Gasteiger partial charge in [-0.05, 0) is 55.5 Å². The van der Waals surface area contributed by atoms with Crippen LogP contribution >= 0.6 is 11.6 Å². The summed E-state index contributed by atoms with van der Waals surface area (Å²) in [5.74, 6) is 0.463. The first kappa shape index (κ1) is 15.8. The third-order valence-corrected chi connectivity index (χ3v) is 6.23. The molecule has 26 heavy (non-hydrogen) atoms. The van der Waals surface area contributed by atoms with Crippen LogP contribution in [-0.2, 0) is 9.63 Å². The van der Waals surface area contributed by atoms with Gasteiger partial charge in [0.15, 0.2) is 0 Å². The normalized spacial score (nSPS) is 31.3. The number of aromatic nitrogens is 1. The number of hydrogen-bond donors (Lipinski definition) is 1. The van der Waals surface area contributed by atoms with Gasteiger partial charge in [-0.1, -0.05) is 22.8 Å². The van der Waals surface area contributed by atoms with Crippen molar-refractivity contribution < 1.29 is 9.63 Å². The lowest BCUT2D eigenvalue weighted by atomic mass is 9.72. The number of pyridine rings is 1. The predicted octanol–water partition coefficient (Wildman–Crippen LogP) is 3.89. The smallest absolute Gasteiger partial charge is 0.272 e. The fourth-order valence-electron chi connectivity index (χ4n) is 4.96. The van der Waals surface area contributed by atoms with Crippen molar-refractivity contribution >= 4 is 28.9 Å². The maximum absolute atomic E-state index is 13.3. The van der Waals surface area contributed by atoms with Gasteiger partial charge in [0.05, 0.1) is 11.6 Å². The van der Waals surface area contributed by atoms with Crippen LogP contribution in [0.5, 0.6) is 0 Å². The van der Waals surface area contributed by atoms with E-state index in [-0.39, 0.29) is 17.7 Å². The Balaban J connectivity index is 1.50. The number of hydrogen-bond acceptors (Lipinski definition) is 4. The molecule has 2 bridgehead atoms. The van der Waals surface area contributed by atoms with Crippen LogP contribution in [0.4, 0.5) is 5.69 Å². The number of nitrogens with one attached hydrogen (secondary N) is 1. The minimum absolute atomic E-state index is 0.0235. The average molecular weight is 368 g/mol. The van der Waals surface area contributed by atoms with Gasteiger partial charge in [-0.15, -0.1) is 0 Å². The molecule has 5 nitrogen and oxygen atoms in total. The van der Waals surface area contributed by atoms with E-state index in [0.29, 0.717) is 16.6 Å². The Kier molecular flexibility index (Phi) is 3.54. The summed E-state index contributed by atoms with van der Waals surface area (Å²) in [5, 5.41) is 7.97. The molecule has 5 rings (SSSR count). The number of carbonyl (C=O) groups is 1. The Hall–Kier alpha value is -2.40. The zero-order chi connectivity index (χ0) is 17.7. The minimum Gasteiger partial charge on any atom is -0.378 e. The monoisotopic (exact) mass is 367 g/mol. The van der Waals surface area contributed by atoms with Crippen molar-refractivity contribution in [2.75, 3.05) is 5.32 Å². The van der Waals surface area contributed by atoms with E-state index in [9.17, 15) is 4.79 Å². The highest BCUT2D eigenvalue weighted by atomic mass is 35.5. The molecule has 1 aromatic carbocycles. The largest absolute Gasteiger partial charge is 0.378 e. The van der Waals surface area contributed by atoms with Crippen LogP contribution < -0.4 is 5.32 Å². The Morgan fingerprint density at radius 3 is 3.00 bits per heavy atom. The van der Waals surface area contributed by atoms with Crippen molar-refractivity contribution in [2.24, 2.45) is 22.9 Å². The second kappa shape index (κ2) is 5.81. The molecular formula is C20H18ClN3O2. The molecule has 2 saturated carbocycles. The van der Waals surface area contributed by atoms with Gasteiger partial charge in [0.1, 0.15) is 0 Å². The molecule has 132 valence electrons. The molecular weight excluding hydrogens is 350 g/mol. The van der Waals surface area contributed by atoms with Crippen LogP contribution in [-0.4, -0.2) is 22.2 Å². The maximum Gasteiger partial charge on any atom is 0.272 e. The summed E-state index contributed by atoms with van der Waals surface area (Å²) in [4.78, 5) is 23.5. The number of benzene rings is 1. The molecule has 0 radical (unpaired) electrons. The van der Waals surface area contributed by atoms with Crippen LogP contribution in [0.25, 0.3) is 0 Å². The van der Waals surface area contributed by atoms with Gasteiger partial charge in [-0.3, -0.25) is 9.78 Å². The number of halogens is 1. The van der Waals surface area contributed by atoms with Gasteiger partial charge in [-0.2, -0.15) is 0 Å². The molecule has 2 aliphatic carbocycles. The van der Waals surface area contributed by atoms with E-state index in [1.807, 2.05) is 24.3 Å². The molecule has 2 fully saturated rings. The summed E-state index contributed by atoms with van der Waals surface area (Å²) >= 11 is 6.05. The first-order chi connectivity index (χ1) is 12.7. The summed E-state index contributed by atoms with van der Waals surface area (Å²) in [6.45, 7) is 0. The van der Waals surface area contributed by atoms with E-state index in [2.05, 4.69) is 15.5 Å². The van der Waals surface area contributed by atoms with Crippen molar-refractivity contribution in [3.8, 4) is 0 Å². The first-order valence-corrected chi connectivity index (χ1v) is 9.30. The molecule has 1 aromatic heterocycles. The second-order valence-corrected chi connectivity index (χ2v) is 7.75. The summed E-state index contributed by atoms with van der Waals surface area (Å²) < 4.78 is 0. The fourth-order valence-corrected chi connectivity index (χ4v) is 5.15. The lowest BCUT2D eigenvalue weighted by Crippen LogP contribution is -2.53. The van der Waals surface area contributed by atoms with E-state index in [1.54, 1.807) is 24.5 Å². The Labute approximate surface area is 156 Å². The van der Waals surface area contributed by atoms with Crippen molar-refractivity contribution in [2.45, 2.75) is 24.9 Å². The van der Waals surface area contributed by atoms with E-state index in [4.69, 9.17) is 16.4 Å². The first-order valence-electron chi connectivity index (χ1n) is 8.92. The molecule has 0 unspecified atom stereocenters. The van der Waals surface area contributed by atoms with Crippen LogP contribution in [0, 0.1) is 17.8 Å². The number of fused-ring (bicyclic) bond motifs is 5. The van der Waals surface area contributed by atoms with Crippen molar-refractivity contribution in [3.05, 3.63) is 59.4 Å². The number of amides is 1. The minimum atomic E-state index is -0.920. The molecule has 1 N–H and O–H groups in total. The zero-order valence-electron chi connectivity index (χ0n) is 14.1. The van der Waals surface area contributed by atoms with Crippen LogP contribution in [0.2, 0.25) is 5.02 Å². The van der Waals surface area contributed by atoms with Crippen LogP contribution in [0.3, 0.4) is 0 Å². The van der Waals surface area contributed by atoms with E-state index in [0.717, 1.165) is 30.5 Å². The quantitative estimate of drug-likeness (QED) is 0.895. The van der Waals surface area contributed by atoms with Gasteiger partial charge in [0.25, 0.3) is 5.91 Å². The van der Waals surface area contributed by atoms with Crippen molar-refractivity contribution in [1.82, 2.24) is 4.98 Å². The van der Waals surface area contributed by atoms with Crippen LogP contribution in [0.1, 0.15) is 24.8 Å². The third-order valence-electron chi connectivity index (χ3n) is 6.00. The van der Waals surface area contributed by atoms with Crippen molar-refractivity contribution in [1.29, 1.82) is 0 Å². The highest BCUT2D eigenvalue weighted by Gasteiger charge is 2.69. The molecule has 4 atom stereocenters. The summed E-state index contributed by atoms with van der Waals surface area (Å²) in [6, 6.07) is 11.0. The lowest BCUT2D eigenvalue weighted by Gasteiger charge is -2.35. The van der Waals surface area contributed by atoms with Crippen LogP contribution in [0.15, 0.2) is 53.9 Å². The molecule has 3 aliphatic rings. The SMILES string of the molecule is O=C(Nc1cccc(Cl)c1)[C@]12ON=C(c3cccnc3)[C@H]1[C@@H]1CC[C@H]2C1. The molecule has 0 saturated heterocycles. The number of anilines is 1. The number of rotatable bonds is 3. The van der Waals surface area contributed by atoms with Gasteiger partial charge in [0.2, 0.25) is 5.60 Å². The zero-order valence-corrected chi connectivity index (χ0v) is 14.8. The number of oxime groups is 1. The van der Waals surface area contributed by atoms with Gasteiger partial charge in [0, 0.05) is 34.6 Å². The predicted molar refractivity (Wildman–Crippen MR) is 99.0 cm³/mol. The highest BCUT2D eigenvalue weighted by molar-refractivity contribution is 6.31. The third kappa shape index (κ3) is 2.20. The summed E-state index contributed by atoms with van der Waals surface area (Å²) in [5.41, 5.74) is 1.54. The number of carbonyl (C=O) groups excluding carboxylic acids is 1. The van der Waals surface area contributed by atoms with E-state index < -0.39 is 5.60 Å². The topological polar surface area (TPSA) is 63.6 Å². The fraction of sp³-hybridized carbons (Fsp3) is 0.350. The summed E-state index contributed by atoms with van der Waals surface area (Å²) in [6.07, 6.45) is 6.65. The summed E-state index contributed by atoms with van der Waals surface area (Å²) in [7, 11) is 0. The molecule has 2 aromatic rings. The Bertz CT molecular complexity index is 901. The second-order valence-electron chi connectivity index (χ2n) is 7.31. The Morgan fingerprint density at radius 1 is 1.27 bits per heavy atom. The molecule has 1 aliphatic heterocycles. The molecule has 0 spiro atoms. The van der Waals surface area contributed by atoms with Crippen molar-refractivity contribution in [3.63, 3.8) is 0 Å². The maximum atomic E-state index is 13.3. The van der Waals surface area contributed by atoms with Gasteiger partial charge in [-0.25, -0.2) is 0 Å². The molecule has 1 amide bonds. The molecule has 2 heterocycles. The lowest BCUT2D eigenvalue weighted by molar-refractivity contribution is -0.149. The molecule has 6 heteroatoms. The highest BCUT2D eigenvalue weighted by Crippen LogP contribution is 2.60. The standard InChI is InChI=1S/C20H18ClN3O2/c21-15-4-1-5-16(10-15)23-19(25)20-14-7-6-12(9-14)17(20)18(24-26-20)13-3-2-8-22-11-13/h1-5,8,10-12,14,17H,6-7,9H2,(H,23,25)/t12-,14+,17-,20-/m1/s1. The van der Waals surface area contributed by atoms with Gasteiger partial charge < -0.3 is 10.2 Å². The average Bonchev–Trinajstić information content (AvgIpc) is 3.34. The van der Waals surface area contributed by atoms with E-state index in [1.165, 1.54) is 0 Å².